The van der Waals surface area contributed by atoms with Crippen LogP contribution in [0.25, 0.3) is 0 Å². The van der Waals surface area contributed by atoms with E-state index in [1.54, 1.807) is 6.92 Å². The van der Waals surface area contributed by atoms with Gasteiger partial charge in [0, 0.05) is 17.3 Å². The lowest BCUT2D eigenvalue weighted by Crippen LogP contribution is -2.30. The van der Waals surface area contributed by atoms with E-state index in [9.17, 15) is 13.6 Å². The molecule has 32 heavy (non-hydrogen) atoms. The summed E-state index contributed by atoms with van der Waals surface area (Å²) in [4.78, 5) is 19.2. The van der Waals surface area contributed by atoms with Gasteiger partial charge >= 0.3 is 0 Å². The minimum Gasteiger partial charge on any atom is -0.489 e. The van der Waals surface area contributed by atoms with Gasteiger partial charge in [-0.3, -0.25) is 4.79 Å². The molecule has 0 bridgehead atoms. The first-order valence-corrected chi connectivity index (χ1v) is 11.0. The maximum absolute atomic E-state index is 13.9. The molecule has 170 valence electrons. The van der Waals surface area contributed by atoms with Crippen LogP contribution in [0.15, 0.2) is 45.3 Å². The largest absolute Gasteiger partial charge is 0.489 e. The van der Waals surface area contributed by atoms with Crippen LogP contribution in [0.5, 0.6) is 5.75 Å². The maximum atomic E-state index is 13.9. The van der Waals surface area contributed by atoms with Crippen LogP contribution in [0.1, 0.15) is 49.9 Å². The predicted octanol–water partition coefficient (Wildman–Crippen LogP) is 4.71. The summed E-state index contributed by atoms with van der Waals surface area (Å²) >= 11 is 6.18. The molecule has 0 spiro atoms. The van der Waals surface area contributed by atoms with Gasteiger partial charge < -0.3 is 20.4 Å². The van der Waals surface area contributed by atoms with E-state index in [4.69, 9.17) is 21.7 Å². The minimum absolute atomic E-state index is 0.105. The van der Waals surface area contributed by atoms with Gasteiger partial charge in [-0.25, -0.2) is 13.8 Å². The molecule has 1 aliphatic carbocycles. The molecule has 0 aromatic heterocycles. The molecule has 2 fully saturated rings. The number of hydrogen-bond acceptors (Lipinski definition) is 5. The summed E-state index contributed by atoms with van der Waals surface area (Å²) in [5, 5.41) is 12.0. The van der Waals surface area contributed by atoms with Crippen molar-refractivity contribution in [1.82, 2.24) is 10.2 Å². The fourth-order valence-corrected chi connectivity index (χ4v) is 4.23. The number of halogens is 3. The average molecular weight is 463 g/mol. The van der Waals surface area contributed by atoms with Gasteiger partial charge in [-0.05, 0) is 51.7 Å². The highest BCUT2D eigenvalue weighted by Gasteiger charge is 2.32. The predicted molar refractivity (Wildman–Crippen MR) is 120 cm³/mol. The normalized spacial score (nSPS) is 26.2. The molecular weight excluding hydrogens is 438 g/mol. The standard InChI is InChI=1S/C23H25ClF2N4O2/c1-12-21(24)13(2)29-22(28-12)18-10-30(11-19(18)27)23(31)17-8-5-15(26)9-20(17)32-16-6-3-14(25)4-7-16/h5,8-9,14,16,27-28H,3-4,6-7,10-11H2,1-2H3/b22-18+,27-19?. The van der Waals surface area contributed by atoms with Crippen LogP contribution in [-0.4, -0.2) is 47.6 Å². The van der Waals surface area contributed by atoms with Crippen LogP contribution >= 0.6 is 11.6 Å². The zero-order chi connectivity index (χ0) is 23.0. The Morgan fingerprint density at radius 3 is 2.66 bits per heavy atom. The Labute approximate surface area is 190 Å². The Kier molecular flexibility index (Phi) is 6.33. The lowest BCUT2D eigenvalue weighted by Gasteiger charge is -2.26. The van der Waals surface area contributed by atoms with Crippen LogP contribution in [0.4, 0.5) is 8.78 Å². The van der Waals surface area contributed by atoms with Gasteiger partial charge in [-0.1, -0.05) is 11.6 Å². The number of likely N-dealkylation sites (tertiary alicyclic amines) is 1. The topological polar surface area (TPSA) is 77.8 Å². The number of ether oxygens (including phenoxy) is 1. The summed E-state index contributed by atoms with van der Waals surface area (Å²) in [5.74, 6) is -0.215. The monoisotopic (exact) mass is 462 g/mol. The average Bonchev–Trinajstić information content (AvgIpc) is 3.14. The van der Waals surface area contributed by atoms with E-state index in [0.717, 1.165) is 5.70 Å². The number of aliphatic imine (C=N–C) groups is 1. The van der Waals surface area contributed by atoms with E-state index in [1.165, 1.54) is 23.1 Å². The maximum Gasteiger partial charge on any atom is 0.258 e. The molecule has 9 heteroatoms. The van der Waals surface area contributed by atoms with Crippen LogP contribution in [0, 0.1) is 11.2 Å². The van der Waals surface area contributed by atoms with Crippen molar-refractivity contribution in [3.05, 3.63) is 51.7 Å². The number of carbonyl (C=O) groups is 1. The first-order chi connectivity index (χ1) is 15.2. The fourth-order valence-electron chi connectivity index (χ4n) is 4.14. The second-order valence-electron chi connectivity index (χ2n) is 8.36. The number of benzene rings is 1. The van der Waals surface area contributed by atoms with Crippen LogP contribution < -0.4 is 10.1 Å². The number of rotatable bonds is 3. The van der Waals surface area contributed by atoms with E-state index in [1.807, 2.05) is 6.92 Å². The van der Waals surface area contributed by atoms with Gasteiger partial charge in [-0.15, -0.1) is 0 Å². The highest BCUT2D eigenvalue weighted by Crippen LogP contribution is 2.30. The van der Waals surface area contributed by atoms with E-state index >= 15 is 0 Å². The SMILES string of the molecule is CC1=N/C(=C2\CN(C(=O)c3ccc(F)cc3OC3CCC(F)CC3)CC2=N)NC(C)=C1Cl. The molecule has 3 aliphatic rings. The lowest BCUT2D eigenvalue weighted by atomic mass is 9.96. The molecule has 4 rings (SSSR count). The molecule has 1 amide bonds. The Morgan fingerprint density at radius 2 is 1.97 bits per heavy atom. The third-order valence-corrected chi connectivity index (χ3v) is 6.50. The van der Waals surface area contributed by atoms with Gasteiger partial charge in [0.15, 0.2) is 0 Å². The summed E-state index contributed by atoms with van der Waals surface area (Å²) in [5.41, 5.74) is 2.47. The molecule has 1 aromatic carbocycles. The highest BCUT2D eigenvalue weighted by atomic mass is 35.5. The molecule has 6 nitrogen and oxygen atoms in total. The molecule has 2 aliphatic heterocycles. The lowest BCUT2D eigenvalue weighted by molar-refractivity contribution is 0.0784. The quantitative estimate of drug-likeness (QED) is 0.683. The number of allylic oxidation sites excluding steroid dienone is 2. The Hall–Kier alpha value is -2.74. The molecular formula is C23H25ClF2N4O2. The second-order valence-corrected chi connectivity index (χ2v) is 8.74. The molecule has 1 saturated carbocycles. The Bertz CT molecular complexity index is 1060. The number of hydrogen-bond donors (Lipinski definition) is 2. The first kappa shape index (κ1) is 22.5. The second kappa shape index (κ2) is 9.02. The van der Waals surface area contributed by atoms with Crippen molar-refractivity contribution >= 4 is 28.9 Å². The van der Waals surface area contributed by atoms with Crippen LogP contribution in [-0.2, 0) is 0 Å². The van der Waals surface area contributed by atoms with Crippen molar-refractivity contribution in [2.75, 3.05) is 13.1 Å². The van der Waals surface area contributed by atoms with E-state index in [-0.39, 0.29) is 42.1 Å². The van der Waals surface area contributed by atoms with Gasteiger partial charge in [0.1, 0.15) is 23.6 Å². The van der Waals surface area contributed by atoms with E-state index < -0.39 is 12.0 Å². The van der Waals surface area contributed by atoms with Crippen molar-refractivity contribution in [2.24, 2.45) is 4.99 Å². The minimum atomic E-state index is -0.835. The van der Waals surface area contributed by atoms with Gasteiger partial charge in [-0.2, -0.15) is 0 Å². The third kappa shape index (κ3) is 4.55. The Balaban J connectivity index is 1.55. The van der Waals surface area contributed by atoms with Crippen molar-refractivity contribution < 1.29 is 18.3 Å². The van der Waals surface area contributed by atoms with Crippen molar-refractivity contribution in [1.29, 1.82) is 5.41 Å². The zero-order valence-corrected chi connectivity index (χ0v) is 18.7. The number of carbonyl (C=O) groups excluding carboxylic acids is 1. The van der Waals surface area contributed by atoms with Gasteiger partial charge in [0.2, 0.25) is 0 Å². The van der Waals surface area contributed by atoms with E-state index in [2.05, 4.69) is 10.3 Å². The highest BCUT2D eigenvalue weighted by molar-refractivity contribution is 6.43. The van der Waals surface area contributed by atoms with Gasteiger partial charge in [0.05, 0.1) is 41.2 Å². The molecule has 0 radical (unpaired) electrons. The molecule has 2 N–H and O–H groups in total. The van der Waals surface area contributed by atoms with E-state index in [0.29, 0.717) is 47.8 Å². The van der Waals surface area contributed by atoms with Crippen molar-refractivity contribution in [2.45, 2.75) is 51.8 Å². The van der Waals surface area contributed by atoms with Crippen molar-refractivity contribution in [3.8, 4) is 5.75 Å². The molecule has 0 unspecified atom stereocenters. The molecule has 1 saturated heterocycles. The fraction of sp³-hybridized carbons (Fsp3) is 0.435. The number of nitrogens with zero attached hydrogens (tertiary/aromatic N) is 2. The zero-order valence-electron chi connectivity index (χ0n) is 18.0. The summed E-state index contributed by atoms with van der Waals surface area (Å²) in [6.07, 6.45) is 0.748. The summed E-state index contributed by atoms with van der Waals surface area (Å²) < 4.78 is 33.3. The first-order valence-electron chi connectivity index (χ1n) is 10.6. The summed E-state index contributed by atoms with van der Waals surface area (Å²) in [7, 11) is 0. The number of nitrogens with one attached hydrogen (secondary N) is 2. The molecule has 2 heterocycles. The van der Waals surface area contributed by atoms with Gasteiger partial charge in [0.25, 0.3) is 5.91 Å². The molecule has 0 atom stereocenters. The third-order valence-electron chi connectivity index (χ3n) is 5.94. The smallest absolute Gasteiger partial charge is 0.258 e. The summed E-state index contributed by atoms with van der Waals surface area (Å²) in [6, 6.07) is 3.81. The summed E-state index contributed by atoms with van der Waals surface area (Å²) in [6.45, 7) is 3.90. The van der Waals surface area contributed by atoms with Crippen LogP contribution in [0.3, 0.4) is 0 Å². The molecule has 1 aromatic rings. The number of amides is 1. The van der Waals surface area contributed by atoms with Crippen LogP contribution in [0.2, 0.25) is 0 Å². The van der Waals surface area contributed by atoms with Crippen molar-refractivity contribution in [3.63, 3.8) is 0 Å². The number of alkyl halides is 1. The Morgan fingerprint density at radius 1 is 1.25 bits per heavy atom.